The van der Waals surface area contributed by atoms with Crippen molar-refractivity contribution in [1.82, 2.24) is 0 Å². The first-order valence-electron chi connectivity index (χ1n) is 8.34. The van der Waals surface area contributed by atoms with Crippen LogP contribution in [0, 0.1) is 0 Å². The van der Waals surface area contributed by atoms with Gasteiger partial charge in [0.15, 0.2) is 5.78 Å². The molecule has 0 bridgehead atoms. The molecule has 0 fully saturated rings. The van der Waals surface area contributed by atoms with E-state index in [0.717, 1.165) is 31.4 Å². The van der Waals surface area contributed by atoms with Crippen LogP contribution in [0.1, 0.15) is 81.5 Å². The zero-order valence-corrected chi connectivity index (χ0v) is 13.5. The van der Waals surface area contributed by atoms with Gasteiger partial charge in [-0.25, -0.2) is 0 Å². The monoisotopic (exact) mass is 308 g/mol. The van der Waals surface area contributed by atoms with Gasteiger partial charge >= 0.3 is 0 Å². The zero-order valence-electron chi connectivity index (χ0n) is 13.5. The summed E-state index contributed by atoms with van der Waals surface area (Å²) in [6.45, 7) is 2.21. The summed E-state index contributed by atoms with van der Waals surface area (Å²) in [5.41, 5.74) is -0.0858. The number of ketones is 1. The van der Waals surface area contributed by atoms with Crippen molar-refractivity contribution in [3.05, 3.63) is 17.7 Å². The Bertz CT molecular complexity index is 445. The van der Waals surface area contributed by atoms with Crippen molar-refractivity contribution in [2.75, 3.05) is 0 Å². The van der Waals surface area contributed by atoms with E-state index in [1.54, 1.807) is 0 Å². The van der Waals surface area contributed by atoms with E-state index >= 15 is 0 Å². The fourth-order valence-corrected chi connectivity index (χ4v) is 2.60. The second-order valence-electron chi connectivity index (χ2n) is 5.86. The van der Waals surface area contributed by atoms with Crippen molar-refractivity contribution in [3.8, 4) is 17.2 Å². The molecule has 1 aromatic carbocycles. The number of phenolic OH excluding ortho intramolecular Hbond substituents is 3. The third-order valence-electron chi connectivity index (χ3n) is 3.87. The van der Waals surface area contributed by atoms with Gasteiger partial charge in [-0.2, -0.15) is 0 Å². The van der Waals surface area contributed by atoms with Gasteiger partial charge in [0.1, 0.15) is 22.8 Å². The lowest BCUT2D eigenvalue weighted by molar-refractivity contribution is 0.0973. The number of phenols is 3. The first-order chi connectivity index (χ1) is 10.6. The average molecular weight is 308 g/mol. The van der Waals surface area contributed by atoms with Crippen molar-refractivity contribution in [3.63, 3.8) is 0 Å². The van der Waals surface area contributed by atoms with Crippen molar-refractivity contribution in [2.24, 2.45) is 0 Å². The molecular weight excluding hydrogens is 280 g/mol. The minimum absolute atomic E-state index is 0.0858. The molecule has 0 spiro atoms. The highest BCUT2D eigenvalue weighted by molar-refractivity contribution is 6.01. The summed E-state index contributed by atoms with van der Waals surface area (Å²) in [5, 5.41) is 28.5. The summed E-state index contributed by atoms with van der Waals surface area (Å²) >= 11 is 0. The number of aromatic hydroxyl groups is 3. The third-order valence-corrected chi connectivity index (χ3v) is 3.87. The molecule has 0 unspecified atom stereocenters. The van der Waals surface area contributed by atoms with Crippen molar-refractivity contribution in [1.29, 1.82) is 0 Å². The molecule has 0 aromatic heterocycles. The molecule has 0 aliphatic heterocycles. The van der Waals surface area contributed by atoms with Gasteiger partial charge in [0.2, 0.25) is 0 Å². The first kappa shape index (κ1) is 18.3. The molecule has 0 aliphatic carbocycles. The van der Waals surface area contributed by atoms with Crippen molar-refractivity contribution in [2.45, 2.75) is 71.1 Å². The predicted octanol–water partition coefficient (Wildman–Crippen LogP) is 4.91. The molecule has 0 aliphatic rings. The van der Waals surface area contributed by atoms with Gasteiger partial charge in [-0.05, 0) is 6.42 Å². The van der Waals surface area contributed by atoms with E-state index in [1.165, 1.54) is 38.5 Å². The average Bonchev–Trinajstić information content (AvgIpc) is 2.44. The van der Waals surface area contributed by atoms with Gasteiger partial charge in [-0.3, -0.25) is 4.79 Å². The SMILES string of the molecule is CCCCCCCCCCCC(=O)c1c(O)cc(O)cc1O. The summed E-state index contributed by atoms with van der Waals surface area (Å²) in [6, 6.07) is 2.15. The molecule has 3 N–H and O–H groups in total. The largest absolute Gasteiger partial charge is 0.508 e. The summed E-state index contributed by atoms with van der Waals surface area (Å²) in [5.74, 6) is -1.26. The van der Waals surface area contributed by atoms with Gasteiger partial charge in [0, 0.05) is 18.6 Å². The molecular formula is C18H28O4. The molecule has 1 rings (SSSR count). The fraction of sp³-hybridized carbons (Fsp3) is 0.611. The highest BCUT2D eigenvalue weighted by Crippen LogP contribution is 2.33. The number of carbonyl (C=O) groups is 1. The molecule has 0 saturated heterocycles. The highest BCUT2D eigenvalue weighted by Gasteiger charge is 2.17. The Balaban J connectivity index is 2.22. The van der Waals surface area contributed by atoms with E-state index in [0.29, 0.717) is 6.42 Å². The molecule has 0 radical (unpaired) electrons. The number of hydrogen-bond acceptors (Lipinski definition) is 4. The van der Waals surface area contributed by atoms with E-state index in [2.05, 4.69) is 6.92 Å². The van der Waals surface area contributed by atoms with Crippen LogP contribution in [0.4, 0.5) is 0 Å². The topological polar surface area (TPSA) is 77.8 Å². The van der Waals surface area contributed by atoms with E-state index < -0.39 is 0 Å². The van der Waals surface area contributed by atoms with Gasteiger partial charge in [-0.1, -0.05) is 58.3 Å². The van der Waals surface area contributed by atoms with Crippen LogP contribution in [0.3, 0.4) is 0 Å². The van der Waals surface area contributed by atoms with Crippen LogP contribution in [-0.4, -0.2) is 21.1 Å². The smallest absolute Gasteiger partial charge is 0.170 e. The predicted molar refractivity (Wildman–Crippen MR) is 87.6 cm³/mol. The normalized spacial score (nSPS) is 10.8. The maximum atomic E-state index is 12.0. The number of hydrogen-bond donors (Lipinski definition) is 3. The van der Waals surface area contributed by atoms with E-state index in [9.17, 15) is 20.1 Å². The molecule has 0 heterocycles. The van der Waals surface area contributed by atoms with E-state index in [1.807, 2.05) is 0 Å². The summed E-state index contributed by atoms with van der Waals surface area (Å²) in [7, 11) is 0. The number of carbonyl (C=O) groups excluding carboxylic acids is 1. The second kappa shape index (κ2) is 10.1. The lowest BCUT2D eigenvalue weighted by atomic mass is 10.0. The van der Waals surface area contributed by atoms with Crippen LogP contribution in [0.25, 0.3) is 0 Å². The van der Waals surface area contributed by atoms with Gasteiger partial charge < -0.3 is 15.3 Å². The highest BCUT2D eigenvalue weighted by atomic mass is 16.3. The van der Waals surface area contributed by atoms with Crippen LogP contribution in [0.2, 0.25) is 0 Å². The van der Waals surface area contributed by atoms with Gasteiger partial charge in [0.05, 0.1) is 0 Å². The Kier molecular flexibility index (Phi) is 8.41. The number of unbranched alkanes of at least 4 members (excludes halogenated alkanes) is 8. The summed E-state index contributed by atoms with van der Waals surface area (Å²) < 4.78 is 0. The maximum absolute atomic E-state index is 12.0. The molecule has 1 aromatic rings. The first-order valence-corrected chi connectivity index (χ1v) is 8.34. The van der Waals surface area contributed by atoms with E-state index in [4.69, 9.17) is 0 Å². The zero-order chi connectivity index (χ0) is 16.4. The third kappa shape index (κ3) is 6.37. The summed E-state index contributed by atoms with van der Waals surface area (Å²) in [6.07, 6.45) is 10.8. The molecule has 0 atom stereocenters. The number of benzene rings is 1. The molecule has 4 heteroatoms. The lowest BCUT2D eigenvalue weighted by Crippen LogP contribution is -2.00. The van der Waals surface area contributed by atoms with Crippen molar-refractivity contribution < 1.29 is 20.1 Å². The second-order valence-corrected chi connectivity index (χ2v) is 5.86. The van der Waals surface area contributed by atoms with Crippen LogP contribution in [0.15, 0.2) is 12.1 Å². The Morgan fingerprint density at radius 2 is 1.27 bits per heavy atom. The molecule has 4 nitrogen and oxygen atoms in total. The Labute approximate surface area is 132 Å². The summed E-state index contributed by atoms with van der Waals surface area (Å²) in [4.78, 5) is 12.0. The molecule has 124 valence electrons. The van der Waals surface area contributed by atoms with Crippen LogP contribution in [0.5, 0.6) is 17.2 Å². The quantitative estimate of drug-likeness (QED) is 0.401. The van der Waals surface area contributed by atoms with Crippen LogP contribution < -0.4 is 0 Å². The maximum Gasteiger partial charge on any atom is 0.170 e. The molecule has 0 saturated carbocycles. The van der Waals surface area contributed by atoms with Gasteiger partial charge in [-0.15, -0.1) is 0 Å². The molecule has 0 amide bonds. The fourth-order valence-electron chi connectivity index (χ4n) is 2.60. The Morgan fingerprint density at radius 3 is 1.77 bits per heavy atom. The minimum atomic E-state index is -0.363. The van der Waals surface area contributed by atoms with E-state index in [-0.39, 0.29) is 28.6 Å². The number of rotatable bonds is 11. The molecule has 22 heavy (non-hydrogen) atoms. The van der Waals surface area contributed by atoms with Crippen molar-refractivity contribution >= 4 is 5.78 Å². The van der Waals surface area contributed by atoms with Crippen LogP contribution >= 0.6 is 0 Å². The lowest BCUT2D eigenvalue weighted by Gasteiger charge is -2.07. The minimum Gasteiger partial charge on any atom is -0.508 e. The van der Waals surface area contributed by atoms with Crippen LogP contribution in [-0.2, 0) is 0 Å². The van der Waals surface area contributed by atoms with Gasteiger partial charge in [0.25, 0.3) is 0 Å². The number of Topliss-reactive ketones (excluding diaryl/α,β-unsaturated/α-hetero) is 1. The standard InChI is InChI=1S/C18H28O4/c1-2-3-4-5-6-7-8-9-10-11-15(20)18-16(21)12-14(19)13-17(18)22/h12-13,19,21-22H,2-11H2,1H3. The Morgan fingerprint density at radius 1 is 0.818 bits per heavy atom. The Hall–Kier alpha value is -1.71.